The number of aliphatic imine (C=N–C) groups is 1. The first kappa shape index (κ1) is 16.5. The van der Waals surface area contributed by atoms with Gasteiger partial charge in [0.2, 0.25) is 0 Å². The summed E-state index contributed by atoms with van der Waals surface area (Å²) in [6.45, 7) is 4.70. The van der Waals surface area contributed by atoms with Crippen LogP contribution in [0.15, 0.2) is 29.3 Å². The maximum Gasteiger partial charge on any atom is 0.193 e. The number of benzene rings is 1. The van der Waals surface area contributed by atoms with Gasteiger partial charge in [-0.1, -0.05) is 19.1 Å². The minimum absolute atomic E-state index is 0.436. The second-order valence-corrected chi connectivity index (χ2v) is 4.40. The van der Waals surface area contributed by atoms with E-state index in [9.17, 15) is 0 Å². The third kappa shape index (κ3) is 7.11. The fourth-order valence-electron chi connectivity index (χ4n) is 1.62. The van der Waals surface area contributed by atoms with Gasteiger partial charge in [-0.3, -0.25) is 4.99 Å². The Hall–Kier alpha value is -1.59. The van der Waals surface area contributed by atoms with Crippen LogP contribution in [0.25, 0.3) is 0 Å². The monoisotopic (exact) mass is 279 g/mol. The van der Waals surface area contributed by atoms with Crippen molar-refractivity contribution in [1.29, 1.82) is 0 Å². The number of guanidine groups is 1. The zero-order valence-corrected chi connectivity index (χ0v) is 12.4. The molecule has 0 heterocycles. The molecule has 0 unspecified atom stereocenters. The van der Waals surface area contributed by atoms with Crippen molar-refractivity contribution in [3.05, 3.63) is 29.8 Å². The van der Waals surface area contributed by atoms with Crippen LogP contribution in [0, 0.1) is 0 Å². The van der Waals surface area contributed by atoms with E-state index >= 15 is 0 Å². The van der Waals surface area contributed by atoms with Gasteiger partial charge in [-0.2, -0.15) is 0 Å². The molecule has 0 saturated carbocycles. The van der Waals surface area contributed by atoms with Crippen molar-refractivity contribution in [3.63, 3.8) is 0 Å². The summed E-state index contributed by atoms with van der Waals surface area (Å²) in [6, 6.07) is 8.18. The van der Waals surface area contributed by atoms with Gasteiger partial charge in [-0.25, -0.2) is 0 Å². The molecule has 0 fully saturated rings. The first-order chi connectivity index (χ1) is 9.76. The van der Waals surface area contributed by atoms with Gasteiger partial charge in [0, 0.05) is 25.9 Å². The Morgan fingerprint density at radius 1 is 1.20 bits per heavy atom. The molecule has 5 nitrogen and oxygen atoms in total. The van der Waals surface area contributed by atoms with Crippen LogP contribution in [0.2, 0.25) is 0 Å². The summed E-state index contributed by atoms with van der Waals surface area (Å²) in [6.07, 6.45) is 1.88. The molecule has 20 heavy (non-hydrogen) atoms. The molecule has 0 saturated heterocycles. The Labute approximate surface area is 121 Å². The molecule has 1 aromatic rings. The van der Waals surface area contributed by atoms with Gasteiger partial charge in [0.25, 0.3) is 0 Å². The summed E-state index contributed by atoms with van der Waals surface area (Å²) in [5.74, 6) is 0.436. The van der Waals surface area contributed by atoms with Gasteiger partial charge >= 0.3 is 0 Å². The molecule has 0 aliphatic carbocycles. The smallest absolute Gasteiger partial charge is 0.193 e. The highest BCUT2D eigenvalue weighted by molar-refractivity contribution is 5.92. The second kappa shape index (κ2) is 10.2. The molecular formula is C15H25N3O2. The Balaban J connectivity index is 2.20. The summed E-state index contributed by atoms with van der Waals surface area (Å²) in [4.78, 5) is 4.25. The maximum absolute atomic E-state index is 5.82. The van der Waals surface area contributed by atoms with E-state index in [1.54, 1.807) is 7.11 Å². The van der Waals surface area contributed by atoms with Crippen LogP contribution in [0.5, 0.6) is 0 Å². The highest BCUT2D eigenvalue weighted by Crippen LogP contribution is 2.09. The number of hydrogen-bond donors (Lipinski definition) is 2. The van der Waals surface area contributed by atoms with Gasteiger partial charge in [0.05, 0.1) is 13.2 Å². The Bertz CT molecular complexity index is 391. The molecule has 112 valence electrons. The zero-order valence-electron chi connectivity index (χ0n) is 12.4. The third-order valence-corrected chi connectivity index (χ3v) is 2.80. The number of aryl methyl sites for hydroxylation is 1. The van der Waals surface area contributed by atoms with Gasteiger partial charge in [-0.05, 0) is 30.5 Å². The fraction of sp³-hybridized carbons (Fsp3) is 0.533. The minimum atomic E-state index is 0.436. The average Bonchev–Trinajstić information content (AvgIpc) is 2.47. The first-order valence-corrected chi connectivity index (χ1v) is 6.98. The van der Waals surface area contributed by atoms with Crippen molar-refractivity contribution in [3.8, 4) is 0 Å². The van der Waals surface area contributed by atoms with Gasteiger partial charge in [-0.15, -0.1) is 0 Å². The van der Waals surface area contributed by atoms with E-state index in [0.29, 0.717) is 32.3 Å². The number of nitrogens with two attached hydrogens (primary N) is 1. The molecule has 0 aliphatic rings. The number of rotatable bonds is 9. The lowest BCUT2D eigenvalue weighted by atomic mass is 10.1. The Morgan fingerprint density at radius 2 is 1.95 bits per heavy atom. The fourth-order valence-corrected chi connectivity index (χ4v) is 1.62. The van der Waals surface area contributed by atoms with E-state index in [2.05, 4.69) is 29.4 Å². The lowest BCUT2D eigenvalue weighted by molar-refractivity contribution is 0.0702. The van der Waals surface area contributed by atoms with Gasteiger partial charge in [0.1, 0.15) is 0 Å². The number of anilines is 1. The predicted octanol–water partition coefficient (Wildman–Crippen LogP) is 2.03. The van der Waals surface area contributed by atoms with Crippen LogP contribution < -0.4 is 11.1 Å². The molecule has 3 N–H and O–H groups in total. The van der Waals surface area contributed by atoms with Crippen LogP contribution >= 0.6 is 0 Å². The summed E-state index contributed by atoms with van der Waals surface area (Å²) in [5.41, 5.74) is 8.08. The van der Waals surface area contributed by atoms with Crippen molar-refractivity contribution in [1.82, 2.24) is 0 Å². The molecule has 0 bridgehead atoms. The molecule has 1 rings (SSSR count). The van der Waals surface area contributed by atoms with E-state index in [-0.39, 0.29) is 0 Å². The second-order valence-electron chi connectivity index (χ2n) is 4.40. The Kier molecular flexibility index (Phi) is 8.42. The molecule has 0 radical (unpaired) electrons. The van der Waals surface area contributed by atoms with Crippen molar-refractivity contribution < 1.29 is 9.47 Å². The van der Waals surface area contributed by atoms with Crippen LogP contribution in [0.3, 0.4) is 0 Å². The summed E-state index contributed by atoms with van der Waals surface area (Å²) < 4.78 is 10.2. The summed E-state index contributed by atoms with van der Waals surface area (Å²) in [5, 5.41) is 3.07. The van der Waals surface area contributed by atoms with Crippen molar-refractivity contribution in [2.24, 2.45) is 10.7 Å². The standard InChI is InChI=1S/C15H25N3O2/c1-3-13-5-7-14(8-6-13)18-15(16)17-9-4-10-20-12-11-19-2/h5-8H,3-4,9-12H2,1-2H3,(H3,16,17,18). The van der Waals surface area contributed by atoms with Crippen molar-refractivity contribution in [2.45, 2.75) is 19.8 Å². The minimum Gasteiger partial charge on any atom is -0.382 e. The molecule has 5 heteroatoms. The molecule has 0 atom stereocenters. The van der Waals surface area contributed by atoms with E-state index in [4.69, 9.17) is 15.2 Å². The number of nitrogens with zero attached hydrogens (tertiary/aromatic N) is 1. The highest BCUT2D eigenvalue weighted by atomic mass is 16.5. The zero-order chi connectivity index (χ0) is 14.6. The van der Waals surface area contributed by atoms with E-state index in [1.165, 1.54) is 5.56 Å². The molecular weight excluding hydrogens is 254 g/mol. The number of nitrogens with one attached hydrogen (secondary N) is 1. The largest absolute Gasteiger partial charge is 0.382 e. The average molecular weight is 279 g/mol. The van der Waals surface area contributed by atoms with Gasteiger partial charge in [0.15, 0.2) is 5.96 Å². The number of methoxy groups -OCH3 is 1. The Morgan fingerprint density at radius 3 is 2.60 bits per heavy atom. The van der Waals surface area contributed by atoms with E-state index < -0.39 is 0 Å². The molecule has 0 spiro atoms. The van der Waals surface area contributed by atoms with Crippen LogP contribution in [-0.2, 0) is 15.9 Å². The highest BCUT2D eigenvalue weighted by Gasteiger charge is 1.95. The predicted molar refractivity (Wildman–Crippen MR) is 83.2 cm³/mol. The van der Waals surface area contributed by atoms with Crippen molar-refractivity contribution in [2.75, 3.05) is 38.8 Å². The lowest BCUT2D eigenvalue weighted by Crippen LogP contribution is -2.23. The van der Waals surface area contributed by atoms with Crippen LogP contribution in [-0.4, -0.2) is 39.4 Å². The molecule has 1 aromatic carbocycles. The topological polar surface area (TPSA) is 68.9 Å². The lowest BCUT2D eigenvalue weighted by Gasteiger charge is -2.06. The molecule has 0 amide bonds. The number of hydrogen-bond acceptors (Lipinski definition) is 3. The normalized spacial score (nSPS) is 11.6. The third-order valence-electron chi connectivity index (χ3n) is 2.80. The van der Waals surface area contributed by atoms with Gasteiger partial charge < -0.3 is 20.5 Å². The summed E-state index contributed by atoms with van der Waals surface area (Å²) >= 11 is 0. The van der Waals surface area contributed by atoms with E-state index in [0.717, 1.165) is 18.5 Å². The maximum atomic E-state index is 5.82. The number of ether oxygens (including phenoxy) is 2. The van der Waals surface area contributed by atoms with Crippen molar-refractivity contribution >= 4 is 11.6 Å². The molecule has 0 aliphatic heterocycles. The van der Waals surface area contributed by atoms with E-state index in [1.807, 2.05) is 12.1 Å². The first-order valence-electron chi connectivity index (χ1n) is 6.98. The summed E-state index contributed by atoms with van der Waals surface area (Å²) in [7, 11) is 1.66. The van der Waals surface area contributed by atoms with Crippen LogP contribution in [0.4, 0.5) is 5.69 Å². The SMILES string of the molecule is CCc1ccc(NC(N)=NCCCOCCOC)cc1. The molecule has 0 aromatic heterocycles. The quantitative estimate of drug-likeness (QED) is 0.412. The van der Waals surface area contributed by atoms with Crippen LogP contribution in [0.1, 0.15) is 18.9 Å².